The lowest BCUT2D eigenvalue weighted by Crippen LogP contribution is -2.50. The molecule has 0 saturated carbocycles. The summed E-state index contributed by atoms with van der Waals surface area (Å²) in [6, 6.07) is 18.1. The highest BCUT2D eigenvalue weighted by Gasteiger charge is 2.30. The fraction of sp³-hybridized carbons (Fsp3) is 0.400. The molecular formula is C30H34FN3O3. The van der Waals surface area contributed by atoms with Crippen molar-refractivity contribution in [2.24, 2.45) is 0 Å². The van der Waals surface area contributed by atoms with Gasteiger partial charge < -0.3 is 14.4 Å². The van der Waals surface area contributed by atoms with Crippen LogP contribution in [0, 0.1) is 5.82 Å². The van der Waals surface area contributed by atoms with E-state index in [2.05, 4.69) is 9.88 Å². The van der Waals surface area contributed by atoms with Crippen molar-refractivity contribution in [3.63, 3.8) is 0 Å². The molecule has 1 aromatic heterocycles. The van der Waals surface area contributed by atoms with E-state index in [1.807, 2.05) is 41.3 Å². The van der Waals surface area contributed by atoms with Crippen LogP contribution < -0.4 is 9.47 Å². The van der Waals surface area contributed by atoms with Crippen molar-refractivity contribution in [1.29, 1.82) is 0 Å². The lowest BCUT2D eigenvalue weighted by atomic mass is 9.98. The van der Waals surface area contributed by atoms with Crippen LogP contribution in [-0.4, -0.2) is 59.0 Å². The van der Waals surface area contributed by atoms with Crippen LogP contribution in [0.15, 0.2) is 73.1 Å². The molecule has 0 radical (unpaired) electrons. The number of amides is 1. The average molecular weight is 504 g/mol. The average Bonchev–Trinajstić information content (AvgIpc) is 2.94. The minimum absolute atomic E-state index is 0.216. The van der Waals surface area contributed by atoms with Gasteiger partial charge in [0.1, 0.15) is 29.2 Å². The molecule has 0 spiro atoms. The third kappa shape index (κ3) is 7.07. The van der Waals surface area contributed by atoms with Crippen molar-refractivity contribution in [1.82, 2.24) is 14.8 Å². The largest absolute Gasteiger partial charge is 0.490 e. The first-order chi connectivity index (χ1) is 18.1. The Bertz CT molecular complexity index is 1140. The molecule has 2 aliphatic rings. The molecule has 6 nitrogen and oxygen atoms in total. The Morgan fingerprint density at radius 3 is 2.32 bits per heavy atom. The Kier molecular flexibility index (Phi) is 8.31. The fourth-order valence-electron chi connectivity index (χ4n) is 5.26. The van der Waals surface area contributed by atoms with E-state index in [1.165, 1.54) is 12.1 Å². The predicted molar refractivity (Wildman–Crippen MR) is 140 cm³/mol. The van der Waals surface area contributed by atoms with Gasteiger partial charge in [-0.1, -0.05) is 12.1 Å². The molecular weight excluding hydrogens is 469 g/mol. The maximum Gasteiger partial charge on any atom is 0.222 e. The maximum absolute atomic E-state index is 13.1. The molecule has 2 aromatic carbocycles. The zero-order chi connectivity index (χ0) is 25.5. The molecule has 2 saturated heterocycles. The van der Waals surface area contributed by atoms with Crippen LogP contribution in [0.4, 0.5) is 4.39 Å². The summed E-state index contributed by atoms with van der Waals surface area (Å²) in [7, 11) is 0. The zero-order valence-electron chi connectivity index (χ0n) is 21.1. The fourth-order valence-corrected chi connectivity index (χ4v) is 5.26. The molecule has 2 fully saturated rings. The second kappa shape index (κ2) is 12.2. The molecule has 37 heavy (non-hydrogen) atoms. The number of carbonyl (C=O) groups is 1. The number of hydrogen-bond acceptors (Lipinski definition) is 5. The number of ether oxygens (including phenoxy) is 2. The highest BCUT2D eigenvalue weighted by atomic mass is 19.1. The van der Waals surface area contributed by atoms with Crippen molar-refractivity contribution in [3.8, 4) is 17.2 Å². The van der Waals surface area contributed by atoms with E-state index in [4.69, 9.17) is 9.47 Å². The van der Waals surface area contributed by atoms with Gasteiger partial charge in [-0.05, 0) is 86.2 Å². The second-order valence-corrected chi connectivity index (χ2v) is 9.85. The van der Waals surface area contributed by atoms with Gasteiger partial charge in [0.2, 0.25) is 5.91 Å². The lowest BCUT2D eigenvalue weighted by Gasteiger charge is -2.41. The van der Waals surface area contributed by atoms with Crippen molar-refractivity contribution in [2.75, 3.05) is 26.2 Å². The third-order valence-electron chi connectivity index (χ3n) is 7.34. The van der Waals surface area contributed by atoms with Crippen LogP contribution in [0.1, 0.15) is 37.7 Å². The van der Waals surface area contributed by atoms with Gasteiger partial charge in [0.25, 0.3) is 0 Å². The van der Waals surface area contributed by atoms with Crippen LogP contribution in [-0.2, 0) is 11.2 Å². The number of pyridine rings is 1. The number of carbonyl (C=O) groups excluding carboxylic acids is 1. The number of aryl methyl sites for hydroxylation is 1. The van der Waals surface area contributed by atoms with Gasteiger partial charge in [-0.15, -0.1) is 0 Å². The Morgan fingerprint density at radius 2 is 1.59 bits per heavy atom. The van der Waals surface area contributed by atoms with E-state index in [1.54, 1.807) is 24.5 Å². The monoisotopic (exact) mass is 503 g/mol. The summed E-state index contributed by atoms with van der Waals surface area (Å²) in [4.78, 5) is 21.6. The third-order valence-corrected chi connectivity index (χ3v) is 7.34. The molecule has 0 N–H and O–H groups in total. The summed E-state index contributed by atoms with van der Waals surface area (Å²) in [5.41, 5.74) is 1.06. The molecule has 7 heteroatoms. The van der Waals surface area contributed by atoms with Crippen LogP contribution in [0.2, 0.25) is 0 Å². The first kappa shape index (κ1) is 25.2. The van der Waals surface area contributed by atoms with Gasteiger partial charge >= 0.3 is 0 Å². The minimum Gasteiger partial charge on any atom is -0.490 e. The van der Waals surface area contributed by atoms with Crippen LogP contribution in [0.25, 0.3) is 0 Å². The highest BCUT2D eigenvalue weighted by Crippen LogP contribution is 2.25. The van der Waals surface area contributed by atoms with E-state index in [0.29, 0.717) is 30.4 Å². The maximum atomic E-state index is 13.1. The summed E-state index contributed by atoms with van der Waals surface area (Å²) in [6.07, 6.45) is 9.08. The van der Waals surface area contributed by atoms with Gasteiger partial charge in [0.15, 0.2) is 0 Å². The van der Waals surface area contributed by atoms with Gasteiger partial charge in [0, 0.05) is 51.0 Å². The van der Waals surface area contributed by atoms with E-state index < -0.39 is 0 Å². The molecule has 194 valence electrons. The number of aromatic nitrogens is 1. The van der Waals surface area contributed by atoms with Gasteiger partial charge in [-0.3, -0.25) is 14.7 Å². The molecule has 3 aromatic rings. The molecule has 0 atom stereocenters. The number of likely N-dealkylation sites (tertiary alicyclic amines) is 2. The Balaban J connectivity index is 1.03. The van der Waals surface area contributed by atoms with Crippen LogP contribution in [0.5, 0.6) is 17.2 Å². The van der Waals surface area contributed by atoms with Gasteiger partial charge in [0.05, 0.1) is 0 Å². The van der Waals surface area contributed by atoms with Crippen molar-refractivity contribution in [3.05, 3.63) is 84.4 Å². The second-order valence-electron chi connectivity index (χ2n) is 9.85. The summed E-state index contributed by atoms with van der Waals surface area (Å²) in [5, 5.41) is 0. The van der Waals surface area contributed by atoms with Crippen molar-refractivity contribution in [2.45, 2.75) is 50.7 Å². The van der Waals surface area contributed by atoms with E-state index in [9.17, 15) is 9.18 Å². The number of nitrogens with zero attached hydrogens (tertiary/aromatic N) is 3. The van der Waals surface area contributed by atoms with E-state index >= 15 is 0 Å². The number of hydrogen-bond donors (Lipinski definition) is 0. The van der Waals surface area contributed by atoms with Gasteiger partial charge in [-0.25, -0.2) is 4.39 Å². The number of piperidine rings is 2. The van der Waals surface area contributed by atoms with E-state index in [-0.39, 0.29) is 17.8 Å². The Labute approximate surface area is 218 Å². The topological polar surface area (TPSA) is 54.9 Å². The standard InChI is InChI=1S/C30H34FN3O3/c31-24-5-7-26(8-6-24)37-29-3-1-2-23(22-29)4-9-30(35)34-18-12-25(13-19-34)33-20-14-28(15-21-33)36-27-10-16-32-17-11-27/h1-3,5-8,10-11,16-17,22,25,28H,4,9,12-15,18-21H2. The number of rotatable bonds is 8. The highest BCUT2D eigenvalue weighted by molar-refractivity contribution is 5.76. The lowest BCUT2D eigenvalue weighted by molar-refractivity contribution is -0.132. The molecule has 1 amide bonds. The molecule has 0 bridgehead atoms. The summed E-state index contributed by atoms with van der Waals surface area (Å²) in [5.74, 6) is 2.09. The number of benzene rings is 2. The molecule has 0 unspecified atom stereocenters. The summed E-state index contributed by atoms with van der Waals surface area (Å²) < 4.78 is 25.0. The smallest absolute Gasteiger partial charge is 0.222 e. The number of halogens is 1. The van der Waals surface area contributed by atoms with Crippen LogP contribution in [0.3, 0.4) is 0 Å². The Morgan fingerprint density at radius 1 is 0.865 bits per heavy atom. The molecule has 3 heterocycles. The summed E-state index contributed by atoms with van der Waals surface area (Å²) >= 11 is 0. The minimum atomic E-state index is -0.292. The quantitative estimate of drug-likeness (QED) is 0.408. The molecule has 5 rings (SSSR count). The van der Waals surface area contributed by atoms with Gasteiger partial charge in [-0.2, -0.15) is 0 Å². The first-order valence-electron chi connectivity index (χ1n) is 13.2. The van der Waals surface area contributed by atoms with Crippen molar-refractivity contribution < 1.29 is 18.7 Å². The van der Waals surface area contributed by atoms with E-state index in [0.717, 1.165) is 63.2 Å². The predicted octanol–water partition coefficient (Wildman–Crippen LogP) is 5.48. The zero-order valence-corrected chi connectivity index (χ0v) is 21.1. The molecule has 2 aliphatic heterocycles. The Hall–Kier alpha value is -3.45. The van der Waals surface area contributed by atoms with Crippen molar-refractivity contribution >= 4 is 5.91 Å². The van der Waals surface area contributed by atoms with Crippen LogP contribution >= 0.6 is 0 Å². The summed E-state index contributed by atoms with van der Waals surface area (Å²) in [6.45, 7) is 3.74. The SMILES string of the molecule is O=C(CCc1cccc(Oc2ccc(F)cc2)c1)N1CCC(N2CCC(Oc3ccncc3)CC2)CC1. The normalized spacial score (nSPS) is 17.5. The molecule has 0 aliphatic carbocycles. The first-order valence-corrected chi connectivity index (χ1v) is 13.2.